The number of nitrogens with zero attached hydrogens (tertiary/aromatic N) is 5. The van der Waals surface area contributed by atoms with Gasteiger partial charge in [-0.15, -0.1) is 0 Å². The Morgan fingerprint density at radius 1 is 1.18 bits per heavy atom. The van der Waals surface area contributed by atoms with Crippen molar-refractivity contribution >= 4 is 22.6 Å². The van der Waals surface area contributed by atoms with E-state index >= 15 is 0 Å². The van der Waals surface area contributed by atoms with E-state index in [-0.39, 0.29) is 11.8 Å². The highest BCUT2D eigenvalue weighted by atomic mass is 16.1. The van der Waals surface area contributed by atoms with Crippen molar-refractivity contribution in [2.24, 2.45) is 13.0 Å². The van der Waals surface area contributed by atoms with Gasteiger partial charge in [0.15, 0.2) is 0 Å². The molecule has 1 aliphatic rings. The normalized spacial score (nSPS) is 19.9. The van der Waals surface area contributed by atoms with Crippen LogP contribution >= 0.6 is 0 Å². The summed E-state index contributed by atoms with van der Waals surface area (Å²) in [6, 6.07) is 6.38. The fourth-order valence-electron chi connectivity index (χ4n) is 3.88. The minimum absolute atomic E-state index is 0.0587. The van der Waals surface area contributed by atoms with Gasteiger partial charge in [0.1, 0.15) is 5.82 Å². The molecule has 146 valence electrons. The van der Waals surface area contributed by atoms with Gasteiger partial charge >= 0.3 is 0 Å². The molecule has 0 unspecified atom stereocenters. The van der Waals surface area contributed by atoms with Gasteiger partial charge in [-0.05, 0) is 51.9 Å². The van der Waals surface area contributed by atoms with Crippen LogP contribution < -0.4 is 5.32 Å². The molecule has 0 spiro atoms. The van der Waals surface area contributed by atoms with Gasteiger partial charge in [0, 0.05) is 48.4 Å². The molecule has 7 nitrogen and oxygen atoms in total. The summed E-state index contributed by atoms with van der Waals surface area (Å²) in [5.74, 6) is 0.680. The lowest BCUT2D eigenvalue weighted by Crippen LogP contribution is -2.35. The maximum Gasteiger partial charge on any atom is 0.228 e. The number of amides is 1. The Bertz CT molecular complexity index is 987. The summed E-state index contributed by atoms with van der Waals surface area (Å²) in [4.78, 5) is 24.0. The molecule has 7 heteroatoms. The van der Waals surface area contributed by atoms with Gasteiger partial charge in [0.2, 0.25) is 5.91 Å². The summed E-state index contributed by atoms with van der Waals surface area (Å²) in [5.41, 5.74) is 2.62. The lowest BCUT2D eigenvalue weighted by Gasteiger charge is -2.31. The lowest BCUT2D eigenvalue weighted by atomic mass is 9.85. The van der Waals surface area contributed by atoms with Gasteiger partial charge in [-0.2, -0.15) is 5.10 Å². The highest BCUT2D eigenvalue weighted by molar-refractivity contribution is 5.93. The number of hydrogen-bond donors (Lipinski definition) is 1. The Kier molecular flexibility index (Phi) is 5.09. The lowest BCUT2D eigenvalue weighted by molar-refractivity contribution is -0.121. The SMILES string of the molecule is Cn1cc(-c2ccc3cnc(NC(=O)[C@H]4CC[C@H](N(C)C)CC4)cc3n2)cn1. The van der Waals surface area contributed by atoms with E-state index in [4.69, 9.17) is 4.98 Å². The Morgan fingerprint density at radius 2 is 1.96 bits per heavy atom. The number of hydrogen-bond acceptors (Lipinski definition) is 5. The molecule has 0 radical (unpaired) electrons. The van der Waals surface area contributed by atoms with E-state index in [1.54, 1.807) is 17.1 Å². The Balaban J connectivity index is 1.49. The van der Waals surface area contributed by atoms with Crippen molar-refractivity contribution < 1.29 is 4.79 Å². The van der Waals surface area contributed by atoms with Crippen molar-refractivity contribution in [1.29, 1.82) is 0 Å². The molecule has 28 heavy (non-hydrogen) atoms. The predicted molar refractivity (Wildman–Crippen MR) is 110 cm³/mol. The van der Waals surface area contributed by atoms with Crippen LogP contribution in [0, 0.1) is 5.92 Å². The molecular weight excluding hydrogens is 352 g/mol. The van der Waals surface area contributed by atoms with E-state index in [0.29, 0.717) is 11.9 Å². The quantitative estimate of drug-likeness (QED) is 0.755. The van der Waals surface area contributed by atoms with Gasteiger partial charge in [0.25, 0.3) is 0 Å². The first-order valence-corrected chi connectivity index (χ1v) is 9.73. The van der Waals surface area contributed by atoms with E-state index in [9.17, 15) is 4.79 Å². The molecule has 1 fully saturated rings. The van der Waals surface area contributed by atoms with Crippen molar-refractivity contribution in [2.75, 3.05) is 19.4 Å². The van der Waals surface area contributed by atoms with Gasteiger partial charge in [0.05, 0.1) is 17.4 Å². The van der Waals surface area contributed by atoms with E-state index < -0.39 is 0 Å². The first kappa shape index (κ1) is 18.6. The molecule has 3 aromatic rings. The first-order chi connectivity index (χ1) is 13.5. The monoisotopic (exact) mass is 378 g/mol. The second kappa shape index (κ2) is 7.67. The minimum Gasteiger partial charge on any atom is -0.310 e. The van der Waals surface area contributed by atoms with Gasteiger partial charge < -0.3 is 10.2 Å². The molecule has 0 bridgehead atoms. The van der Waals surface area contributed by atoms with Crippen LogP contribution in [0.4, 0.5) is 5.82 Å². The van der Waals surface area contributed by atoms with Gasteiger partial charge in [-0.25, -0.2) is 9.97 Å². The Hall–Kier alpha value is -2.80. The van der Waals surface area contributed by atoms with E-state index in [2.05, 4.69) is 34.4 Å². The maximum absolute atomic E-state index is 12.7. The van der Waals surface area contributed by atoms with Crippen molar-refractivity contribution in [2.45, 2.75) is 31.7 Å². The number of aryl methyl sites for hydroxylation is 1. The number of pyridine rings is 2. The molecule has 3 heterocycles. The van der Waals surface area contributed by atoms with Crippen molar-refractivity contribution in [3.05, 3.63) is 36.8 Å². The zero-order valence-corrected chi connectivity index (χ0v) is 16.6. The topological polar surface area (TPSA) is 75.9 Å². The molecule has 1 amide bonds. The van der Waals surface area contributed by atoms with Crippen LogP contribution in [0.3, 0.4) is 0 Å². The second-order valence-corrected chi connectivity index (χ2v) is 7.82. The van der Waals surface area contributed by atoms with Crippen LogP contribution in [-0.4, -0.2) is 50.7 Å². The Morgan fingerprint density at radius 3 is 2.64 bits per heavy atom. The van der Waals surface area contributed by atoms with Crippen LogP contribution in [0.15, 0.2) is 36.8 Å². The predicted octanol–water partition coefficient (Wildman–Crippen LogP) is 3.09. The zero-order valence-electron chi connectivity index (χ0n) is 16.6. The zero-order chi connectivity index (χ0) is 19.7. The third-order valence-corrected chi connectivity index (χ3v) is 5.62. The van der Waals surface area contributed by atoms with Gasteiger partial charge in [-0.3, -0.25) is 9.48 Å². The summed E-state index contributed by atoms with van der Waals surface area (Å²) < 4.78 is 1.75. The number of anilines is 1. The maximum atomic E-state index is 12.7. The van der Waals surface area contributed by atoms with Gasteiger partial charge in [-0.1, -0.05) is 0 Å². The Labute approximate surface area is 164 Å². The van der Waals surface area contributed by atoms with Crippen LogP contribution in [0.1, 0.15) is 25.7 Å². The number of nitrogens with one attached hydrogen (secondary N) is 1. The highest BCUT2D eigenvalue weighted by Crippen LogP contribution is 2.28. The summed E-state index contributed by atoms with van der Waals surface area (Å²) >= 11 is 0. The molecule has 3 aromatic heterocycles. The third-order valence-electron chi connectivity index (χ3n) is 5.62. The largest absolute Gasteiger partial charge is 0.310 e. The molecule has 0 saturated heterocycles. The average molecular weight is 378 g/mol. The number of aromatic nitrogens is 4. The molecule has 4 rings (SSSR count). The van der Waals surface area contributed by atoms with E-state index in [1.807, 2.05) is 31.4 Å². The number of rotatable bonds is 4. The molecule has 1 aliphatic carbocycles. The summed E-state index contributed by atoms with van der Waals surface area (Å²) in [7, 11) is 6.10. The highest BCUT2D eigenvalue weighted by Gasteiger charge is 2.27. The molecule has 0 aliphatic heterocycles. The number of carbonyl (C=O) groups is 1. The fraction of sp³-hybridized carbons (Fsp3) is 0.429. The third kappa shape index (κ3) is 3.89. The van der Waals surface area contributed by atoms with Crippen LogP contribution in [0.2, 0.25) is 0 Å². The molecular formula is C21H26N6O. The number of fused-ring (bicyclic) bond motifs is 1. The molecule has 0 atom stereocenters. The smallest absolute Gasteiger partial charge is 0.228 e. The second-order valence-electron chi connectivity index (χ2n) is 7.82. The van der Waals surface area contributed by atoms with Crippen LogP contribution in [-0.2, 0) is 11.8 Å². The van der Waals surface area contributed by atoms with E-state index in [1.165, 1.54) is 0 Å². The minimum atomic E-state index is 0.0587. The average Bonchev–Trinajstić information content (AvgIpc) is 3.14. The molecule has 1 saturated carbocycles. The van der Waals surface area contributed by atoms with Crippen molar-refractivity contribution in [3.8, 4) is 11.3 Å². The summed E-state index contributed by atoms with van der Waals surface area (Å²) in [5, 5.41) is 8.14. The molecule has 1 N–H and O–H groups in total. The van der Waals surface area contributed by atoms with Crippen molar-refractivity contribution in [3.63, 3.8) is 0 Å². The number of carbonyl (C=O) groups excluding carboxylic acids is 1. The van der Waals surface area contributed by atoms with E-state index in [0.717, 1.165) is 47.8 Å². The van der Waals surface area contributed by atoms with Crippen molar-refractivity contribution in [1.82, 2.24) is 24.6 Å². The molecule has 0 aromatic carbocycles. The summed E-state index contributed by atoms with van der Waals surface area (Å²) in [6.45, 7) is 0. The first-order valence-electron chi connectivity index (χ1n) is 9.73. The summed E-state index contributed by atoms with van der Waals surface area (Å²) in [6.07, 6.45) is 9.45. The van der Waals surface area contributed by atoms with Crippen LogP contribution in [0.25, 0.3) is 22.2 Å². The standard InChI is InChI=1S/C21H26N6O/c1-26(2)17-7-4-14(5-8-17)21(28)25-20-10-19-15(11-22-20)6-9-18(24-19)16-12-23-27(3)13-16/h6,9-14,17H,4-5,7-8H2,1-3H3,(H,22,25,28)/t14-,17-. The van der Waals surface area contributed by atoms with Crippen LogP contribution in [0.5, 0.6) is 0 Å². The fourth-order valence-corrected chi connectivity index (χ4v) is 3.88.